The van der Waals surface area contributed by atoms with E-state index in [1.165, 1.54) is 23.5 Å². The number of ether oxygens (including phenoxy) is 1. The Morgan fingerprint density at radius 3 is 3.12 bits per heavy atom. The molecule has 0 aliphatic carbocycles. The number of nitrogens with zero attached hydrogens (tertiary/aromatic N) is 4. The topological polar surface area (TPSA) is 60.2 Å². The minimum absolute atomic E-state index is 0.0204. The van der Waals surface area contributed by atoms with E-state index in [2.05, 4.69) is 9.97 Å². The van der Waals surface area contributed by atoms with E-state index < -0.39 is 0 Å². The molecule has 1 aromatic carbocycles. The van der Waals surface area contributed by atoms with Crippen LogP contribution in [0.15, 0.2) is 30.6 Å². The van der Waals surface area contributed by atoms with E-state index in [-0.39, 0.29) is 17.8 Å². The Morgan fingerprint density at radius 1 is 1.52 bits per heavy atom. The summed E-state index contributed by atoms with van der Waals surface area (Å²) in [5.41, 5.74) is 0.673. The summed E-state index contributed by atoms with van der Waals surface area (Å²) in [6.45, 7) is 1.12. The van der Waals surface area contributed by atoms with Crippen LogP contribution < -0.4 is 4.90 Å². The maximum atomic E-state index is 13.5. The minimum atomic E-state index is -0.316. The van der Waals surface area contributed by atoms with Gasteiger partial charge in [-0.2, -0.15) is 0 Å². The lowest BCUT2D eigenvalue weighted by molar-refractivity contribution is 0.0906. The molecule has 1 atom stereocenters. The van der Waals surface area contributed by atoms with Crippen LogP contribution in [-0.4, -0.2) is 39.7 Å². The minimum Gasteiger partial charge on any atom is -0.376 e. The summed E-state index contributed by atoms with van der Waals surface area (Å²) in [7, 11) is 1.78. The first-order valence-corrected chi connectivity index (χ1v) is 8.90. The largest absolute Gasteiger partial charge is 0.376 e. The van der Waals surface area contributed by atoms with Crippen LogP contribution in [0.1, 0.15) is 23.5 Å². The molecule has 1 amide bonds. The maximum Gasteiger partial charge on any atom is 0.296 e. The molecule has 0 spiro atoms. The number of amides is 1. The summed E-state index contributed by atoms with van der Waals surface area (Å²) in [5, 5.41) is 0.532. The normalized spacial score (nSPS) is 17.3. The molecule has 0 saturated carbocycles. The monoisotopic (exact) mass is 360 g/mol. The number of carbonyl (C=O) groups excluding carboxylic acids is 1. The quantitative estimate of drug-likeness (QED) is 0.718. The molecule has 3 aromatic rings. The van der Waals surface area contributed by atoms with Gasteiger partial charge in [-0.3, -0.25) is 9.69 Å². The zero-order chi connectivity index (χ0) is 17.4. The van der Waals surface area contributed by atoms with Crippen molar-refractivity contribution >= 4 is 32.6 Å². The molecular weight excluding hydrogens is 343 g/mol. The number of aryl methyl sites for hydroxylation is 1. The molecule has 25 heavy (non-hydrogen) atoms. The zero-order valence-corrected chi connectivity index (χ0v) is 14.5. The number of hydrogen-bond acceptors (Lipinski definition) is 5. The van der Waals surface area contributed by atoms with Crippen LogP contribution in [0.2, 0.25) is 0 Å². The van der Waals surface area contributed by atoms with Crippen molar-refractivity contribution in [3.05, 3.63) is 42.2 Å². The smallest absolute Gasteiger partial charge is 0.296 e. The third-order valence-electron chi connectivity index (χ3n) is 4.24. The van der Waals surface area contributed by atoms with Crippen LogP contribution in [0.3, 0.4) is 0 Å². The summed E-state index contributed by atoms with van der Waals surface area (Å²) < 4.78 is 21.6. The second kappa shape index (κ2) is 6.53. The Hall–Kier alpha value is -2.32. The number of aromatic nitrogens is 3. The zero-order valence-electron chi connectivity index (χ0n) is 13.7. The molecule has 1 aliphatic rings. The Balaban J connectivity index is 1.72. The third kappa shape index (κ3) is 3.14. The second-order valence-corrected chi connectivity index (χ2v) is 7.03. The number of imidazole rings is 1. The van der Waals surface area contributed by atoms with Crippen molar-refractivity contribution in [2.45, 2.75) is 18.9 Å². The van der Waals surface area contributed by atoms with Crippen LogP contribution in [0, 0.1) is 5.82 Å². The fraction of sp³-hybridized carbons (Fsp3) is 0.353. The van der Waals surface area contributed by atoms with E-state index in [1.807, 2.05) is 0 Å². The van der Waals surface area contributed by atoms with Gasteiger partial charge in [0, 0.05) is 26.0 Å². The predicted octanol–water partition coefficient (Wildman–Crippen LogP) is 2.99. The number of benzene rings is 1. The Morgan fingerprint density at radius 2 is 2.40 bits per heavy atom. The number of rotatable bonds is 4. The Kier molecular flexibility index (Phi) is 4.22. The molecule has 3 heterocycles. The number of fused-ring (bicyclic) bond motifs is 1. The average molecular weight is 360 g/mol. The van der Waals surface area contributed by atoms with Gasteiger partial charge in [-0.1, -0.05) is 11.3 Å². The lowest BCUT2D eigenvalue weighted by Crippen LogP contribution is -2.38. The highest BCUT2D eigenvalue weighted by molar-refractivity contribution is 7.22. The molecule has 0 radical (unpaired) electrons. The fourth-order valence-corrected chi connectivity index (χ4v) is 3.93. The lowest BCUT2D eigenvalue weighted by Gasteiger charge is -2.22. The molecule has 130 valence electrons. The maximum absolute atomic E-state index is 13.5. The first-order chi connectivity index (χ1) is 12.1. The summed E-state index contributed by atoms with van der Waals surface area (Å²) in [5.74, 6) is -0.213. The first kappa shape index (κ1) is 16.2. The van der Waals surface area contributed by atoms with Gasteiger partial charge in [-0.15, -0.1) is 0 Å². The third-order valence-corrected chi connectivity index (χ3v) is 5.28. The van der Waals surface area contributed by atoms with Crippen molar-refractivity contribution in [1.29, 1.82) is 0 Å². The highest BCUT2D eigenvalue weighted by Gasteiger charge is 2.28. The number of carbonyl (C=O) groups is 1. The van der Waals surface area contributed by atoms with Gasteiger partial charge in [0.05, 0.1) is 22.9 Å². The van der Waals surface area contributed by atoms with Crippen molar-refractivity contribution in [2.24, 2.45) is 7.05 Å². The van der Waals surface area contributed by atoms with Crippen molar-refractivity contribution in [2.75, 3.05) is 18.1 Å². The van der Waals surface area contributed by atoms with Crippen molar-refractivity contribution in [1.82, 2.24) is 14.5 Å². The van der Waals surface area contributed by atoms with E-state index in [0.29, 0.717) is 34.3 Å². The second-order valence-electron chi connectivity index (χ2n) is 6.02. The van der Waals surface area contributed by atoms with Gasteiger partial charge in [0.15, 0.2) is 11.0 Å². The Labute approximate surface area is 147 Å². The van der Waals surface area contributed by atoms with E-state index >= 15 is 0 Å². The van der Waals surface area contributed by atoms with Gasteiger partial charge in [-0.25, -0.2) is 14.4 Å². The summed E-state index contributed by atoms with van der Waals surface area (Å²) in [6, 6.07) is 4.43. The fourth-order valence-electron chi connectivity index (χ4n) is 2.93. The van der Waals surface area contributed by atoms with E-state index in [9.17, 15) is 9.18 Å². The molecule has 6 nitrogen and oxygen atoms in total. The van der Waals surface area contributed by atoms with Crippen molar-refractivity contribution in [3.8, 4) is 0 Å². The number of halogens is 1. The predicted molar refractivity (Wildman–Crippen MR) is 93.4 cm³/mol. The molecule has 1 aliphatic heterocycles. The summed E-state index contributed by atoms with van der Waals surface area (Å²) >= 11 is 1.30. The van der Waals surface area contributed by atoms with E-state index in [1.54, 1.807) is 35.0 Å². The molecule has 0 bridgehead atoms. The van der Waals surface area contributed by atoms with Gasteiger partial charge in [0.2, 0.25) is 0 Å². The van der Waals surface area contributed by atoms with Crippen LogP contribution in [0.25, 0.3) is 10.2 Å². The standard InChI is InChI=1S/C17H17FN4O2S/c1-21-7-6-19-15(21)16(23)22(10-12-3-2-8-24-12)17-20-13-5-4-11(18)9-14(13)25-17/h4-7,9,12H,2-3,8,10H2,1H3. The number of hydrogen-bond donors (Lipinski definition) is 0. The lowest BCUT2D eigenvalue weighted by atomic mass is 10.2. The van der Waals surface area contributed by atoms with Crippen molar-refractivity contribution < 1.29 is 13.9 Å². The molecule has 1 saturated heterocycles. The molecule has 0 N–H and O–H groups in total. The Bertz CT molecular complexity index is 916. The van der Waals surface area contributed by atoms with Crippen LogP contribution in [0.5, 0.6) is 0 Å². The average Bonchev–Trinajstić information content (AvgIpc) is 3.31. The number of thiazole rings is 1. The van der Waals surface area contributed by atoms with E-state index in [4.69, 9.17) is 4.74 Å². The van der Waals surface area contributed by atoms with Gasteiger partial charge >= 0.3 is 0 Å². The van der Waals surface area contributed by atoms with Crippen LogP contribution in [-0.2, 0) is 11.8 Å². The van der Waals surface area contributed by atoms with Crippen LogP contribution in [0.4, 0.5) is 9.52 Å². The van der Waals surface area contributed by atoms with Crippen molar-refractivity contribution in [3.63, 3.8) is 0 Å². The summed E-state index contributed by atoms with van der Waals surface area (Å²) in [6.07, 6.45) is 5.19. The first-order valence-electron chi connectivity index (χ1n) is 8.09. The molecule has 8 heteroatoms. The highest BCUT2D eigenvalue weighted by Crippen LogP contribution is 2.31. The molecular formula is C17H17FN4O2S. The molecule has 1 unspecified atom stereocenters. The summed E-state index contributed by atoms with van der Waals surface area (Å²) in [4.78, 5) is 23.3. The van der Waals surface area contributed by atoms with Gasteiger partial charge in [0.25, 0.3) is 5.91 Å². The molecule has 1 fully saturated rings. The molecule has 2 aromatic heterocycles. The SMILES string of the molecule is Cn1ccnc1C(=O)N(CC1CCCO1)c1nc2ccc(F)cc2s1. The highest BCUT2D eigenvalue weighted by atomic mass is 32.1. The van der Waals surface area contributed by atoms with E-state index in [0.717, 1.165) is 12.8 Å². The number of anilines is 1. The molecule has 4 rings (SSSR count). The van der Waals surface area contributed by atoms with Gasteiger partial charge < -0.3 is 9.30 Å². The van der Waals surface area contributed by atoms with Crippen LogP contribution >= 0.6 is 11.3 Å². The van der Waals surface area contributed by atoms with Gasteiger partial charge in [-0.05, 0) is 31.0 Å². The van der Waals surface area contributed by atoms with Gasteiger partial charge in [0.1, 0.15) is 5.82 Å².